The van der Waals surface area contributed by atoms with Gasteiger partial charge in [-0.1, -0.05) is 0 Å². The van der Waals surface area contributed by atoms with Crippen molar-refractivity contribution in [2.45, 2.75) is 25.4 Å². The second kappa shape index (κ2) is 5.43. The number of aliphatic hydroxyl groups is 1. The van der Waals surface area contributed by atoms with Crippen molar-refractivity contribution >= 4 is 27.3 Å². The molecule has 2 nitrogen and oxygen atoms in total. The molecule has 1 unspecified atom stereocenters. The van der Waals surface area contributed by atoms with E-state index in [2.05, 4.69) is 15.9 Å². The second-order valence-corrected chi connectivity index (χ2v) is 5.74. The molecule has 1 aliphatic heterocycles. The summed E-state index contributed by atoms with van der Waals surface area (Å²) in [5, 5.41) is 12.1. The molecule has 2 heterocycles. The molecule has 84 valence electrons. The van der Waals surface area contributed by atoms with Crippen molar-refractivity contribution in [3.8, 4) is 0 Å². The van der Waals surface area contributed by atoms with Gasteiger partial charge >= 0.3 is 0 Å². The molecule has 0 spiro atoms. The van der Waals surface area contributed by atoms with Crippen LogP contribution in [0.5, 0.6) is 0 Å². The summed E-state index contributed by atoms with van der Waals surface area (Å²) in [6.45, 7) is 1.70. The minimum atomic E-state index is -0.317. The topological polar surface area (TPSA) is 29.5 Å². The Bertz CT molecular complexity index is 307. The lowest BCUT2D eigenvalue weighted by atomic mass is 9.93. The van der Waals surface area contributed by atoms with Gasteiger partial charge in [-0.2, -0.15) is 0 Å². The third-order valence-corrected chi connectivity index (χ3v) is 4.82. The van der Waals surface area contributed by atoms with Crippen molar-refractivity contribution in [2.24, 2.45) is 5.92 Å². The lowest BCUT2D eigenvalue weighted by Crippen LogP contribution is -2.17. The maximum Gasteiger partial charge on any atom is 0.0896 e. The number of rotatable bonds is 3. The predicted molar refractivity (Wildman–Crippen MR) is 65.1 cm³/mol. The molecule has 1 N–H and O–H groups in total. The average molecular weight is 291 g/mol. The van der Waals surface area contributed by atoms with Crippen LogP contribution in [0.1, 0.15) is 30.2 Å². The molecule has 1 aliphatic rings. The number of hydrogen-bond donors (Lipinski definition) is 1. The average Bonchev–Trinajstić information content (AvgIpc) is 2.66. The molecule has 0 radical (unpaired) electrons. The van der Waals surface area contributed by atoms with Crippen molar-refractivity contribution in [2.75, 3.05) is 13.2 Å². The van der Waals surface area contributed by atoms with E-state index in [1.165, 1.54) is 0 Å². The minimum absolute atomic E-state index is 0.317. The molecular formula is C11H15BrO2S. The number of hydrogen-bond acceptors (Lipinski definition) is 3. The Hall–Kier alpha value is 0.100. The number of aliphatic hydroxyl groups excluding tert-OH is 1. The summed E-state index contributed by atoms with van der Waals surface area (Å²) < 4.78 is 6.34. The first-order chi connectivity index (χ1) is 7.27. The van der Waals surface area contributed by atoms with Crippen LogP contribution in [0.15, 0.2) is 15.9 Å². The van der Waals surface area contributed by atoms with E-state index in [1.54, 1.807) is 11.3 Å². The monoisotopic (exact) mass is 290 g/mol. The molecule has 2 rings (SSSR count). The summed E-state index contributed by atoms with van der Waals surface area (Å²) >= 11 is 5.08. The van der Waals surface area contributed by atoms with E-state index in [1.807, 2.05) is 11.4 Å². The first-order valence-electron chi connectivity index (χ1n) is 5.26. The van der Waals surface area contributed by atoms with Gasteiger partial charge in [-0.3, -0.25) is 0 Å². The third kappa shape index (κ3) is 3.03. The van der Waals surface area contributed by atoms with Gasteiger partial charge in [0.2, 0.25) is 0 Å². The van der Waals surface area contributed by atoms with Crippen molar-refractivity contribution in [1.29, 1.82) is 0 Å². The highest BCUT2D eigenvalue weighted by Gasteiger charge is 2.20. The highest BCUT2D eigenvalue weighted by atomic mass is 79.9. The van der Waals surface area contributed by atoms with Gasteiger partial charge in [0.05, 0.1) is 6.10 Å². The van der Waals surface area contributed by atoms with Crippen molar-refractivity contribution in [1.82, 2.24) is 0 Å². The fourth-order valence-corrected chi connectivity index (χ4v) is 3.58. The summed E-state index contributed by atoms with van der Waals surface area (Å²) in [5.74, 6) is 0.614. The van der Waals surface area contributed by atoms with Gasteiger partial charge < -0.3 is 9.84 Å². The minimum Gasteiger partial charge on any atom is -0.388 e. The first-order valence-corrected chi connectivity index (χ1v) is 6.93. The predicted octanol–water partition coefficient (Wildman–Crippen LogP) is 3.36. The summed E-state index contributed by atoms with van der Waals surface area (Å²) in [6, 6.07) is 1.99. The van der Waals surface area contributed by atoms with Crippen LogP contribution in [0.3, 0.4) is 0 Å². The van der Waals surface area contributed by atoms with Crippen LogP contribution < -0.4 is 0 Å². The molecule has 1 saturated heterocycles. The second-order valence-electron chi connectivity index (χ2n) is 3.94. The smallest absolute Gasteiger partial charge is 0.0896 e. The fourth-order valence-electron chi connectivity index (χ4n) is 1.95. The van der Waals surface area contributed by atoms with Crippen LogP contribution in [0, 0.1) is 5.92 Å². The number of thiophene rings is 1. The van der Waals surface area contributed by atoms with Crippen molar-refractivity contribution in [3.63, 3.8) is 0 Å². The molecule has 1 atom stereocenters. The maximum atomic E-state index is 10.1. The van der Waals surface area contributed by atoms with E-state index in [0.717, 1.165) is 41.8 Å². The van der Waals surface area contributed by atoms with Crippen molar-refractivity contribution in [3.05, 3.63) is 20.8 Å². The molecule has 0 aromatic carbocycles. The van der Waals surface area contributed by atoms with Gasteiger partial charge in [-0.15, -0.1) is 11.3 Å². The number of ether oxygens (including phenoxy) is 1. The normalized spacial score (nSPS) is 20.4. The van der Waals surface area contributed by atoms with Gasteiger partial charge in [0.1, 0.15) is 0 Å². The van der Waals surface area contributed by atoms with E-state index in [-0.39, 0.29) is 6.10 Å². The molecule has 0 saturated carbocycles. The van der Waals surface area contributed by atoms with Crippen molar-refractivity contribution < 1.29 is 9.84 Å². The Morgan fingerprint density at radius 2 is 2.27 bits per heavy atom. The Morgan fingerprint density at radius 1 is 1.53 bits per heavy atom. The molecule has 4 heteroatoms. The van der Waals surface area contributed by atoms with Gasteiger partial charge in [-0.05, 0) is 52.6 Å². The third-order valence-electron chi connectivity index (χ3n) is 2.84. The molecular weight excluding hydrogens is 276 g/mol. The molecule has 0 amide bonds. The zero-order chi connectivity index (χ0) is 10.7. The largest absolute Gasteiger partial charge is 0.388 e. The molecule has 0 aliphatic carbocycles. The SMILES string of the molecule is OC(CC1CCOCC1)c1sccc1Br. The Labute approximate surface area is 102 Å². The van der Waals surface area contributed by atoms with Crippen LogP contribution in [-0.2, 0) is 4.74 Å². The first kappa shape index (κ1) is 11.6. The quantitative estimate of drug-likeness (QED) is 0.925. The number of halogens is 1. The van der Waals surface area contributed by atoms with Gasteiger partial charge in [0.25, 0.3) is 0 Å². The summed E-state index contributed by atoms with van der Waals surface area (Å²) in [7, 11) is 0. The van der Waals surface area contributed by atoms with Crippen LogP contribution in [-0.4, -0.2) is 18.3 Å². The highest BCUT2D eigenvalue weighted by molar-refractivity contribution is 9.10. The summed E-state index contributed by atoms with van der Waals surface area (Å²) in [5.41, 5.74) is 0. The standard InChI is InChI=1S/C11H15BrO2S/c12-9-3-6-15-11(9)10(13)7-8-1-4-14-5-2-8/h3,6,8,10,13H,1-2,4-5,7H2. The highest BCUT2D eigenvalue weighted by Crippen LogP contribution is 2.34. The lowest BCUT2D eigenvalue weighted by molar-refractivity contribution is 0.0441. The Morgan fingerprint density at radius 3 is 2.87 bits per heavy atom. The van der Waals surface area contributed by atoms with E-state index in [9.17, 15) is 5.11 Å². The molecule has 1 fully saturated rings. The van der Waals surface area contributed by atoms with Crippen LogP contribution in [0.2, 0.25) is 0 Å². The molecule has 15 heavy (non-hydrogen) atoms. The Kier molecular flexibility index (Phi) is 4.20. The zero-order valence-electron chi connectivity index (χ0n) is 8.49. The fraction of sp³-hybridized carbons (Fsp3) is 0.636. The zero-order valence-corrected chi connectivity index (χ0v) is 10.9. The van der Waals surface area contributed by atoms with Gasteiger partial charge in [0, 0.05) is 22.6 Å². The Balaban J connectivity index is 1.91. The molecule has 1 aromatic heterocycles. The van der Waals surface area contributed by atoms with E-state index < -0.39 is 0 Å². The van der Waals surface area contributed by atoms with Crippen LogP contribution >= 0.6 is 27.3 Å². The maximum absolute atomic E-state index is 10.1. The van der Waals surface area contributed by atoms with Gasteiger partial charge in [-0.25, -0.2) is 0 Å². The molecule has 1 aromatic rings. The van der Waals surface area contributed by atoms with Gasteiger partial charge in [0.15, 0.2) is 0 Å². The molecule has 0 bridgehead atoms. The summed E-state index contributed by atoms with van der Waals surface area (Å²) in [6.07, 6.45) is 2.71. The van der Waals surface area contributed by atoms with E-state index in [4.69, 9.17) is 4.74 Å². The van der Waals surface area contributed by atoms with E-state index >= 15 is 0 Å². The van der Waals surface area contributed by atoms with Crippen LogP contribution in [0.25, 0.3) is 0 Å². The summed E-state index contributed by atoms with van der Waals surface area (Å²) in [4.78, 5) is 1.06. The van der Waals surface area contributed by atoms with E-state index in [0.29, 0.717) is 5.92 Å². The van der Waals surface area contributed by atoms with Crippen LogP contribution in [0.4, 0.5) is 0 Å². The lowest BCUT2D eigenvalue weighted by Gasteiger charge is -2.24.